The van der Waals surface area contributed by atoms with Crippen molar-refractivity contribution in [1.29, 1.82) is 0 Å². The maximum absolute atomic E-state index is 5.75. The minimum atomic E-state index is 0.395. The number of pyridine rings is 1. The van der Waals surface area contributed by atoms with Gasteiger partial charge in [-0.1, -0.05) is 27.6 Å². The molecule has 18 heavy (non-hydrogen) atoms. The summed E-state index contributed by atoms with van der Waals surface area (Å²) in [7, 11) is 2.59. The summed E-state index contributed by atoms with van der Waals surface area (Å²) in [4.78, 5) is 4.36. The number of rotatable bonds is 3. The third-order valence-electron chi connectivity index (χ3n) is 3.24. The SMILES string of the molecule is PNC1CCc2cnc(Oc3ccccc3)cc21. The van der Waals surface area contributed by atoms with Crippen molar-refractivity contribution < 1.29 is 4.74 Å². The van der Waals surface area contributed by atoms with Gasteiger partial charge in [-0.2, -0.15) is 0 Å². The minimum Gasteiger partial charge on any atom is -0.439 e. The van der Waals surface area contributed by atoms with Crippen LogP contribution < -0.4 is 9.82 Å². The van der Waals surface area contributed by atoms with Gasteiger partial charge in [-0.25, -0.2) is 4.98 Å². The van der Waals surface area contributed by atoms with Gasteiger partial charge >= 0.3 is 0 Å². The van der Waals surface area contributed by atoms with Crippen LogP contribution in [0.4, 0.5) is 0 Å². The maximum Gasteiger partial charge on any atom is 0.219 e. The van der Waals surface area contributed by atoms with Gasteiger partial charge in [0.2, 0.25) is 5.88 Å². The molecule has 0 bridgehead atoms. The molecular formula is C14H15N2OP. The van der Waals surface area contributed by atoms with E-state index >= 15 is 0 Å². The van der Waals surface area contributed by atoms with Crippen molar-refractivity contribution in [2.24, 2.45) is 0 Å². The average Bonchev–Trinajstić information content (AvgIpc) is 2.82. The molecule has 3 nitrogen and oxygen atoms in total. The summed E-state index contributed by atoms with van der Waals surface area (Å²) in [6.45, 7) is 0. The molecule has 0 amide bonds. The van der Waals surface area contributed by atoms with Crippen molar-refractivity contribution in [1.82, 2.24) is 10.1 Å². The lowest BCUT2D eigenvalue weighted by atomic mass is 10.1. The number of hydrogen-bond acceptors (Lipinski definition) is 3. The van der Waals surface area contributed by atoms with Gasteiger partial charge in [-0.15, -0.1) is 0 Å². The van der Waals surface area contributed by atoms with Crippen LogP contribution in [0.1, 0.15) is 23.6 Å². The van der Waals surface area contributed by atoms with Crippen molar-refractivity contribution >= 4 is 9.39 Å². The van der Waals surface area contributed by atoms with Crippen LogP contribution in [0.25, 0.3) is 0 Å². The van der Waals surface area contributed by atoms with E-state index < -0.39 is 0 Å². The van der Waals surface area contributed by atoms with Gasteiger partial charge in [0.05, 0.1) is 0 Å². The van der Waals surface area contributed by atoms with Crippen LogP contribution in [0.3, 0.4) is 0 Å². The molecule has 0 saturated heterocycles. The van der Waals surface area contributed by atoms with Gasteiger partial charge < -0.3 is 4.74 Å². The van der Waals surface area contributed by atoms with Crippen LogP contribution in [0.5, 0.6) is 11.6 Å². The Balaban J connectivity index is 1.87. The lowest BCUT2D eigenvalue weighted by Crippen LogP contribution is -2.06. The van der Waals surface area contributed by atoms with E-state index in [0.717, 1.165) is 18.6 Å². The first-order valence-corrected chi connectivity index (χ1v) is 6.62. The van der Waals surface area contributed by atoms with Gasteiger partial charge in [-0.3, -0.25) is 5.09 Å². The molecule has 1 aliphatic carbocycles. The van der Waals surface area contributed by atoms with Crippen LogP contribution >= 0.6 is 9.39 Å². The topological polar surface area (TPSA) is 34.2 Å². The van der Waals surface area contributed by atoms with Crippen LogP contribution in [0.2, 0.25) is 0 Å². The summed E-state index contributed by atoms with van der Waals surface area (Å²) in [5.74, 6) is 1.48. The molecular weight excluding hydrogens is 243 g/mol. The van der Waals surface area contributed by atoms with E-state index in [1.807, 2.05) is 42.6 Å². The molecule has 2 unspecified atom stereocenters. The number of nitrogens with zero attached hydrogens (tertiary/aromatic N) is 1. The predicted molar refractivity (Wildman–Crippen MR) is 74.7 cm³/mol. The molecule has 0 aliphatic heterocycles. The number of para-hydroxylation sites is 1. The van der Waals surface area contributed by atoms with E-state index in [0.29, 0.717) is 11.9 Å². The zero-order valence-corrected chi connectivity index (χ0v) is 11.1. The summed E-state index contributed by atoms with van der Waals surface area (Å²) < 4.78 is 5.75. The number of ether oxygens (including phenoxy) is 1. The largest absolute Gasteiger partial charge is 0.439 e. The van der Waals surface area contributed by atoms with E-state index in [1.165, 1.54) is 11.1 Å². The molecule has 0 radical (unpaired) electrons. The number of fused-ring (bicyclic) bond motifs is 1. The maximum atomic E-state index is 5.75. The first-order valence-electron chi connectivity index (χ1n) is 6.04. The second-order valence-corrected chi connectivity index (χ2v) is 4.73. The predicted octanol–water partition coefficient (Wildman–Crippen LogP) is 3.24. The summed E-state index contributed by atoms with van der Waals surface area (Å²) in [5.41, 5.74) is 2.61. The first-order chi connectivity index (χ1) is 8.86. The normalized spacial score (nSPS) is 17.5. The zero-order valence-electron chi connectivity index (χ0n) is 9.97. The highest BCUT2D eigenvalue weighted by Crippen LogP contribution is 2.34. The fourth-order valence-corrected chi connectivity index (χ4v) is 2.65. The quantitative estimate of drug-likeness (QED) is 0.858. The molecule has 3 rings (SSSR count). The number of benzene rings is 1. The van der Waals surface area contributed by atoms with Crippen LogP contribution in [-0.4, -0.2) is 4.98 Å². The van der Waals surface area contributed by atoms with Crippen LogP contribution in [-0.2, 0) is 6.42 Å². The number of aromatic nitrogens is 1. The fourth-order valence-electron chi connectivity index (χ4n) is 2.31. The molecule has 1 heterocycles. The van der Waals surface area contributed by atoms with Crippen molar-refractivity contribution in [2.75, 3.05) is 0 Å². The molecule has 0 fully saturated rings. The molecule has 0 saturated carbocycles. The van der Waals surface area contributed by atoms with E-state index in [9.17, 15) is 0 Å². The Morgan fingerprint density at radius 3 is 2.89 bits per heavy atom. The highest BCUT2D eigenvalue weighted by Gasteiger charge is 2.22. The molecule has 1 aromatic carbocycles. The standard InChI is InChI=1S/C14H15N2OP/c18-16-13-7-6-10-9-15-14(8-12(10)13)17-11-4-2-1-3-5-11/h1-5,8-9,13,16H,6-7,18H2. The third-order valence-corrected chi connectivity index (χ3v) is 3.64. The van der Waals surface area contributed by atoms with Crippen molar-refractivity contribution in [3.05, 3.63) is 53.7 Å². The molecule has 1 N–H and O–H groups in total. The fraction of sp³-hybridized carbons (Fsp3) is 0.214. The van der Waals surface area contributed by atoms with Crippen LogP contribution in [0, 0.1) is 0 Å². The molecule has 4 heteroatoms. The number of aryl methyl sites for hydroxylation is 1. The Kier molecular flexibility index (Phi) is 3.26. The lowest BCUT2D eigenvalue weighted by molar-refractivity contribution is 0.461. The summed E-state index contributed by atoms with van der Waals surface area (Å²) in [6, 6.07) is 12.2. The summed E-state index contributed by atoms with van der Waals surface area (Å²) in [6.07, 6.45) is 4.13. The number of hydrogen-bond donors (Lipinski definition) is 1. The van der Waals surface area contributed by atoms with Crippen molar-refractivity contribution in [3.8, 4) is 11.6 Å². The first kappa shape index (κ1) is 11.6. The monoisotopic (exact) mass is 258 g/mol. The molecule has 92 valence electrons. The molecule has 1 aliphatic rings. The van der Waals surface area contributed by atoms with Crippen molar-refractivity contribution in [3.63, 3.8) is 0 Å². The van der Waals surface area contributed by atoms with Gasteiger partial charge in [0.15, 0.2) is 0 Å². The molecule has 2 atom stereocenters. The van der Waals surface area contributed by atoms with E-state index in [1.54, 1.807) is 0 Å². The summed E-state index contributed by atoms with van der Waals surface area (Å²) >= 11 is 0. The third kappa shape index (κ3) is 2.24. The zero-order chi connectivity index (χ0) is 12.4. The molecule has 0 spiro atoms. The van der Waals surface area contributed by atoms with Gasteiger partial charge in [0.25, 0.3) is 0 Å². The lowest BCUT2D eigenvalue weighted by Gasteiger charge is -2.11. The highest BCUT2D eigenvalue weighted by molar-refractivity contribution is 7.13. The Morgan fingerprint density at radius 1 is 1.28 bits per heavy atom. The molecule has 2 aromatic rings. The Bertz CT molecular complexity index is 545. The second-order valence-electron chi connectivity index (χ2n) is 4.39. The number of nitrogens with one attached hydrogen (secondary N) is 1. The summed E-state index contributed by atoms with van der Waals surface area (Å²) in [5, 5.41) is 3.24. The van der Waals surface area contributed by atoms with E-state index in [4.69, 9.17) is 4.74 Å². The Labute approximate surface area is 109 Å². The van der Waals surface area contributed by atoms with Gasteiger partial charge in [0.1, 0.15) is 5.75 Å². The van der Waals surface area contributed by atoms with E-state index in [-0.39, 0.29) is 0 Å². The van der Waals surface area contributed by atoms with Gasteiger partial charge in [-0.05, 0) is 36.1 Å². The Morgan fingerprint density at radius 2 is 2.11 bits per heavy atom. The average molecular weight is 258 g/mol. The smallest absolute Gasteiger partial charge is 0.219 e. The van der Waals surface area contributed by atoms with E-state index in [2.05, 4.69) is 19.5 Å². The Hall–Kier alpha value is -1.44. The minimum absolute atomic E-state index is 0.395. The van der Waals surface area contributed by atoms with Gasteiger partial charge in [0, 0.05) is 18.3 Å². The highest BCUT2D eigenvalue weighted by atomic mass is 31.0. The second kappa shape index (κ2) is 5.05. The van der Waals surface area contributed by atoms with Crippen molar-refractivity contribution in [2.45, 2.75) is 18.9 Å². The van der Waals surface area contributed by atoms with Crippen LogP contribution in [0.15, 0.2) is 42.6 Å². The molecule has 1 aromatic heterocycles.